The van der Waals surface area contributed by atoms with E-state index in [4.69, 9.17) is 0 Å². The summed E-state index contributed by atoms with van der Waals surface area (Å²) in [4.78, 5) is 11.7. The molecule has 0 N–H and O–H groups in total. The molecule has 0 radical (unpaired) electrons. The second-order valence-corrected chi connectivity index (χ2v) is 4.89. The number of carbonyl (C=O) groups is 1. The van der Waals surface area contributed by atoms with E-state index in [1.807, 2.05) is 66.7 Å². The molecule has 0 amide bonds. The molecule has 0 saturated heterocycles. The maximum absolute atomic E-state index is 11.7. The molecule has 0 atom stereocenters. The summed E-state index contributed by atoms with van der Waals surface area (Å²) in [5, 5.41) is 0. The van der Waals surface area contributed by atoms with E-state index in [1.165, 1.54) is 12.8 Å². The SMILES string of the molecule is CCC.CCC.O=C(/C=C/c1ccccc1)c1ccccc1. The Bertz CT molecular complexity index is 510. The molecule has 0 aromatic heterocycles. The van der Waals surface area contributed by atoms with Crippen LogP contribution in [-0.2, 0) is 0 Å². The first-order chi connectivity index (χ1) is 10.7. The first kappa shape index (κ1) is 19.9. The third kappa shape index (κ3) is 9.71. The fourth-order valence-corrected chi connectivity index (χ4v) is 1.43. The molecule has 1 nitrogen and oxygen atoms in total. The van der Waals surface area contributed by atoms with Crippen molar-refractivity contribution < 1.29 is 4.79 Å². The van der Waals surface area contributed by atoms with Gasteiger partial charge in [-0.15, -0.1) is 0 Å². The van der Waals surface area contributed by atoms with E-state index in [2.05, 4.69) is 27.7 Å². The van der Waals surface area contributed by atoms with E-state index in [1.54, 1.807) is 6.08 Å². The minimum Gasteiger partial charge on any atom is -0.289 e. The molecule has 0 aliphatic carbocycles. The number of carbonyl (C=O) groups excluding carboxylic acids is 1. The molecule has 0 saturated carbocycles. The average Bonchev–Trinajstić information content (AvgIpc) is 2.56. The minimum absolute atomic E-state index is 0.0319. The Hall–Kier alpha value is -2.15. The lowest BCUT2D eigenvalue weighted by atomic mass is 10.1. The molecule has 1 heteroatoms. The summed E-state index contributed by atoms with van der Waals surface area (Å²) in [6.07, 6.45) is 5.93. The first-order valence-electron chi connectivity index (χ1n) is 8.01. The minimum atomic E-state index is 0.0319. The number of rotatable bonds is 3. The van der Waals surface area contributed by atoms with Crippen molar-refractivity contribution in [2.75, 3.05) is 0 Å². The van der Waals surface area contributed by atoms with Gasteiger partial charge in [-0.3, -0.25) is 4.79 Å². The lowest BCUT2D eigenvalue weighted by molar-refractivity contribution is 0.104. The lowest BCUT2D eigenvalue weighted by Crippen LogP contribution is -1.92. The van der Waals surface area contributed by atoms with E-state index in [9.17, 15) is 4.79 Å². The highest BCUT2D eigenvalue weighted by Gasteiger charge is 1.98. The molecule has 118 valence electrons. The lowest BCUT2D eigenvalue weighted by Gasteiger charge is -1.94. The Morgan fingerprint density at radius 1 is 0.773 bits per heavy atom. The van der Waals surface area contributed by atoms with Crippen molar-refractivity contribution in [2.45, 2.75) is 40.5 Å². The van der Waals surface area contributed by atoms with Crippen molar-refractivity contribution in [3.8, 4) is 0 Å². The molecule has 0 fully saturated rings. The monoisotopic (exact) mass is 296 g/mol. The van der Waals surface area contributed by atoms with Crippen molar-refractivity contribution in [3.63, 3.8) is 0 Å². The number of hydrogen-bond acceptors (Lipinski definition) is 1. The summed E-state index contributed by atoms with van der Waals surface area (Å²) in [6, 6.07) is 19.1. The molecule has 0 spiro atoms. The van der Waals surface area contributed by atoms with Crippen molar-refractivity contribution in [1.29, 1.82) is 0 Å². The van der Waals surface area contributed by atoms with Gasteiger partial charge in [-0.2, -0.15) is 0 Å². The van der Waals surface area contributed by atoms with E-state index >= 15 is 0 Å². The zero-order valence-corrected chi connectivity index (χ0v) is 14.3. The van der Waals surface area contributed by atoms with Crippen LogP contribution in [0.3, 0.4) is 0 Å². The Labute approximate surface area is 135 Å². The molecular weight excluding hydrogens is 268 g/mol. The van der Waals surface area contributed by atoms with Crippen LogP contribution in [0.2, 0.25) is 0 Å². The van der Waals surface area contributed by atoms with E-state index in [-0.39, 0.29) is 5.78 Å². The predicted molar refractivity (Wildman–Crippen MR) is 98.2 cm³/mol. The van der Waals surface area contributed by atoms with Crippen molar-refractivity contribution >= 4 is 11.9 Å². The molecular formula is C21H28O. The zero-order valence-electron chi connectivity index (χ0n) is 14.3. The zero-order chi connectivity index (χ0) is 16.6. The Morgan fingerprint density at radius 2 is 1.18 bits per heavy atom. The third-order valence-corrected chi connectivity index (χ3v) is 2.29. The highest BCUT2D eigenvalue weighted by Crippen LogP contribution is 2.05. The van der Waals surface area contributed by atoms with E-state index < -0.39 is 0 Å². The molecule has 0 unspecified atom stereocenters. The molecule has 2 aromatic rings. The highest BCUT2D eigenvalue weighted by molar-refractivity contribution is 6.06. The van der Waals surface area contributed by atoms with Gasteiger partial charge in [0.1, 0.15) is 0 Å². The highest BCUT2D eigenvalue weighted by atomic mass is 16.1. The van der Waals surface area contributed by atoms with E-state index in [0.717, 1.165) is 11.1 Å². The number of ketones is 1. The van der Waals surface area contributed by atoms with Gasteiger partial charge in [-0.25, -0.2) is 0 Å². The van der Waals surface area contributed by atoms with Crippen LogP contribution in [0.1, 0.15) is 56.5 Å². The predicted octanol–water partition coefficient (Wildman–Crippen LogP) is 6.42. The summed E-state index contributed by atoms with van der Waals surface area (Å²) in [6.45, 7) is 8.50. The summed E-state index contributed by atoms with van der Waals surface area (Å²) >= 11 is 0. The molecule has 22 heavy (non-hydrogen) atoms. The van der Waals surface area contributed by atoms with Gasteiger partial charge in [0.15, 0.2) is 5.78 Å². The number of benzene rings is 2. The van der Waals surface area contributed by atoms with E-state index in [0.29, 0.717) is 0 Å². The van der Waals surface area contributed by atoms with Crippen LogP contribution >= 0.6 is 0 Å². The van der Waals surface area contributed by atoms with Crippen LogP contribution < -0.4 is 0 Å². The molecule has 2 aromatic carbocycles. The van der Waals surface area contributed by atoms with Gasteiger partial charge in [-0.05, 0) is 11.6 Å². The fraction of sp³-hybridized carbons (Fsp3) is 0.286. The van der Waals surface area contributed by atoms with Crippen LogP contribution in [0.25, 0.3) is 6.08 Å². The van der Waals surface area contributed by atoms with Gasteiger partial charge in [0.25, 0.3) is 0 Å². The number of allylic oxidation sites excluding steroid dienone is 1. The summed E-state index contributed by atoms with van der Waals surface area (Å²) in [7, 11) is 0. The van der Waals surface area contributed by atoms with Gasteiger partial charge < -0.3 is 0 Å². The molecule has 0 aliphatic heterocycles. The van der Waals surface area contributed by atoms with Crippen LogP contribution in [0, 0.1) is 0 Å². The van der Waals surface area contributed by atoms with Gasteiger partial charge >= 0.3 is 0 Å². The second kappa shape index (κ2) is 13.8. The molecule has 0 bridgehead atoms. The molecule has 0 heterocycles. The van der Waals surface area contributed by atoms with Gasteiger partial charge in [0, 0.05) is 5.56 Å². The van der Waals surface area contributed by atoms with Crippen LogP contribution in [0.15, 0.2) is 66.7 Å². The van der Waals surface area contributed by atoms with Gasteiger partial charge in [0.2, 0.25) is 0 Å². The maximum Gasteiger partial charge on any atom is 0.185 e. The van der Waals surface area contributed by atoms with Crippen LogP contribution in [0.5, 0.6) is 0 Å². The Morgan fingerprint density at radius 3 is 1.64 bits per heavy atom. The smallest absolute Gasteiger partial charge is 0.185 e. The molecule has 0 aliphatic rings. The van der Waals surface area contributed by atoms with Crippen molar-refractivity contribution in [3.05, 3.63) is 77.9 Å². The first-order valence-corrected chi connectivity index (χ1v) is 8.01. The van der Waals surface area contributed by atoms with Crippen LogP contribution in [-0.4, -0.2) is 5.78 Å². The van der Waals surface area contributed by atoms with Crippen molar-refractivity contribution in [2.24, 2.45) is 0 Å². The normalized spacial score (nSPS) is 9.27. The Kier molecular flexibility index (Phi) is 12.5. The van der Waals surface area contributed by atoms with Gasteiger partial charge in [0.05, 0.1) is 0 Å². The van der Waals surface area contributed by atoms with Crippen molar-refractivity contribution in [1.82, 2.24) is 0 Å². The largest absolute Gasteiger partial charge is 0.289 e. The summed E-state index contributed by atoms with van der Waals surface area (Å²) in [5.74, 6) is 0.0319. The van der Waals surface area contributed by atoms with Crippen LogP contribution in [0.4, 0.5) is 0 Å². The Balaban J connectivity index is 0.000000639. The summed E-state index contributed by atoms with van der Waals surface area (Å²) < 4.78 is 0. The fourth-order valence-electron chi connectivity index (χ4n) is 1.43. The summed E-state index contributed by atoms with van der Waals surface area (Å²) in [5.41, 5.74) is 1.75. The molecule has 2 rings (SSSR count). The quantitative estimate of drug-likeness (QED) is 0.472. The maximum atomic E-state index is 11.7. The topological polar surface area (TPSA) is 17.1 Å². The average molecular weight is 296 g/mol. The standard InChI is InChI=1S/C15H12O.2C3H8/c16-15(14-9-5-2-6-10-14)12-11-13-7-3-1-4-8-13;2*1-3-2/h1-12H;2*3H2,1-2H3/b12-11+;;. The van der Waals surface area contributed by atoms with Gasteiger partial charge in [-0.1, -0.05) is 107 Å². The second-order valence-electron chi connectivity index (χ2n) is 4.89. The number of hydrogen-bond donors (Lipinski definition) is 0. The third-order valence-electron chi connectivity index (χ3n) is 2.29.